The summed E-state index contributed by atoms with van der Waals surface area (Å²) in [6, 6.07) is 8.84. The van der Waals surface area contributed by atoms with E-state index >= 15 is 0 Å². The lowest BCUT2D eigenvalue weighted by molar-refractivity contribution is 0.172. The van der Waals surface area contributed by atoms with Gasteiger partial charge in [0.25, 0.3) is 0 Å². The average Bonchev–Trinajstić information content (AvgIpc) is 2.72. The van der Waals surface area contributed by atoms with E-state index in [0.29, 0.717) is 12.1 Å². The summed E-state index contributed by atoms with van der Waals surface area (Å²) in [5.74, 6) is 1.83. The van der Waals surface area contributed by atoms with Crippen molar-refractivity contribution in [1.82, 2.24) is 5.32 Å². The SMILES string of the molecule is CNC(CCC(C)C)C1Cc2ccccc2O1. The molecule has 0 amide bonds. The van der Waals surface area contributed by atoms with E-state index in [0.717, 1.165) is 18.1 Å². The fraction of sp³-hybridized carbons (Fsp3) is 0.600. The molecule has 0 fully saturated rings. The molecule has 1 aromatic rings. The lowest BCUT2D eigenvalue weighted by Crippen LogP contribution is -2.40. The number of hydrogen-bond acceptors (Lipinski definition) is 2. The first-order chi connectivity index (χ1) is 8.20. The molecule has 1 aromatic carbocycles. The van der Waals surface area contributed by atoms with Crippen molar-refractivity contribution >= 4 is 0 Å². The van der Waals surface area contributed by atoms with Crippen LogP contribution in [0.2, 0.25) is 0 Å². The molecule has 94 valence electrons. The molecule has 0 spiro atoms. The molecule has 0 saturated heterocycles. The van der Waals surface area contributed by atoms with Crippen LogP contribution in [-0.2, 0) is 6.42 Å². The maximum atomic E-state index is 6.03. The molecule has 2 heteroatoms. The fourth-order valence-electron chi connectivity index (χ4n) is 2.46. The van der Waals surface area contributed by atoms with Crippen LogP contribution in [0.5, 0.6) is 5.75 Å². The Kier molecular flexibility index (Phi) is 4.06. The third-order valence-electron chi connectivity index (χ3n) is 3.55. The van der Waals surface area contributed by atoms with Crippen molar-refractivity contribution in [3.63, 3.8) is 0 Å². The number of nitrogens with one attached hydrogen (secondary N) is 1. The second-order valence-electron chi connectivity index (χ2n) is 5.33. The van der Waals surface area contributed by atoms with E-state index in [1.165, 1.54) is 18.4 Å². The number of para-hydroxylation sites is 1. The normalized spacial score (nSPS) is 20.1. The van der Waals surface area contributed by atoms with Crippen LogP contribution in [0.3, 0.4) is 0 Å². The highest BCUT2D eigenvalue weighted by Crippen LogP contribution is 2.30. The third kappa shape index (κ3) is 3.01. The minimum Gasteiger partial charge on any atom is -0.488 e. The Hall–Kier alpha value is -1.02. The molecule has 0 aromatic heterocycles. The molecular weight excluding hydrogens is 210 g/mol. The zero-order chi connectivity index (χ0) is 12.3. The first-order valence-electron chi connectivity index (χ1n) is 6.62. The quantitative estimate of drug-likeness (QED) is 0.844. The van der Waals surface area contributed by atoms with Gasteiger partial charge in [-0.25, -0.2) is 0 Å². The Bertz CT molecular complexity index is 337. The molecule has 2 rings (SSSR count). The Balaban J connectivity index is 1.95. The van der Waals surface area contributed by atoms with Crippen LogP contribution in [0.4, 0.5) is 0 Å². The molecule has 1 aliphatic rings. The number of likely N-dealkylation sites (N-methyl/N-ethyl adjacent to an activating group) is 1. The van der Waals surface area contributed by atoms with Gasteiger partial charge in [0.15, 0.2) is 0 Å². The van der Waals surface area contributed by atoms with Gasteiger partial charge in [0.2, 0.25) is 0 Å². The summed E-state index contributed by atoms with van der Waals surface area (Å²) in [7, 11) is 2.04. The lowest BCUT2D eigenvalue weighted by atomic mass is 9.97. The molecule has 1 N–H and O–H groups in total. The number of fused-ring (bicyclic) bond motifs is 1. The molecule has 0 bridgehead atoms. The topological polar surface area (TPSA) is 21.3 Å². The van der Waals surface area contributed by atoms with E-state index in [1.807, 2.05) is 13.1 Å². The second kappa shape index (κ2) is 5.54. The van der Waals surface area contributed by atoms with Crippen molar-refractivity contribution in [2.75, 3.05) is 7.05 Å². The second-order valence-corrected chi connectivity index (χ2v) is 5.33. The average molecular weight is 233 g/mol. The summed E-state index contributed by atoms with van der Waals surface area (Å²) in [5, 5.41) is 3.41. The van der Waals surface area contributed by atoms with Gasteiger partial charge in [-0.05, 0) is 37.4 Å². The smallest absolute Gasteiger partial charge is 0.123 e. The van der Waals surface area contributed by atoms with E-state index in [2.05, 4.69) is 37.4 Å². The number of ether oxygens (including phenoxy) is 1. The Morgan fingerprint density at radius 1 is 1.29 bits per heavy atom. The van der Waals surface area contributed by atoms with Gasteiger partial charge in [-0.3, -0.25) is 0 Å². The fourth-order valence-corrected chi connectivity index (χ4v) is 2.46. The van der Waals surface area contributed by atoms with Crippen molar-refractivity contribution in [2.24, 2.45) is 5.92 Å². The summed E-state index contributed by atoms with van der Waals surface area (Å²) >= 11 is 0. The maximum absolute atomic E-state index is 6.03. The van der Waals surface area contributed by atoms with Crippen molar-refractivity contribution in [3.05, 3.63) is 29.8 Å². The third-order valence-corrected chi connectivity index (χ3v) is 3.55. The van der Waals surface area contributed by atoms with Gasteiger partial charge in [-0.1, -0.05) is 32.0 Å². The minimum atomic E-state index is 0.302. The van der Waals surface area contributed by atoms with E-state index in [-0.39, 0.29) is 0 Å². The molecule has 1 aliphatic heterocycles. The van der Waals surface area contributed by atoms with E-state index in [4.69, 9.17) is 4.74 Å². The van der Waals surface area contributed by atoms with Gasteiger partial charge >= 0.3 is 0 Å². The zero-order valence-electron chi connectivity index (χ0n) is 11.1. The summed E-state index contributed by atoms with van der Waals surface area (Å²) in [5.41, 5.74) is 1.35. The molecule has 0 aliphatic carbocycles. The molecule has 17 heavy (non-hydrogen) atoms. The van der Waals surface area contributed by atoms with Crippen LogP contribution in [0.1, 0.15) is 32.3 Å². The van der Waals surface area contributed by atoms with Gasteiger partial charge in [-0.15, -0.1) is 0 Å². The van der Waals surface area contributed by atoms with Crippen LogP contribution < -0.4 is 10.1 Å². The summed E-state index contributed by atoms with van der Waals surface area (Å²) < 4.78 is 6.03. The highest BCUT2D eigenvalue weighted by atomic mass is 16.5. The van der Waals surface area contributed by atoms with Gasteiger partial charge in [0.1, 0.15) is 11.9 Å². The zero-order valence-corrected chi connectivity index (χ0v) is 11.1. The highest BCUT2D eigenvalue weighted by molar-refractivity contribution is 5.37. The largest absolute Gasteiger partial charge is 0.488 e. The van der Waals surface area contributed by atoms with E-state index in [1.54, 1.807) is 0 Å². The Labute approximate surface area is 104 Å². The summed E-state index contributed by atoms with van der Waals surface area (Å²) in [6.45, 7) is 4.55. The van der Waals surface area contributed by atoms with Crippen LogP contribution >= 0.6 is 0 Å². The van der Waals surface area contributed by atoms with Gasteiger partial charge in [0, 0.05) is 12.5 Å². The van der Waals surface area contributed by atoms with E-state index < -0.39 is 0 Å². The van der Waals surface area contributed by atoms with Gasteiger partial charge < -0.3 is 10.1 Å². The first kappa shape index (κ1) is 12.4. The first-order valence-corrected chi connectivity index (χ1v) is 6.62. The number of benzene rings is 1. The monoisotopic (exact) mass is 233 g/mol. The molecular formula is C15H23NO. The van der Waals surface area contributed by atoms with Gasteiger partial charge in [-0.2, -0.15) is 0 Å². The van der Waals surface area contributed by atoms with Crippen molar-refractivity contribution in [2.45, 2.75) is 45.3 Å². The lowest BCUT2D eigenvalue weighted by Gasteiger charge is -2.23. The summed E-state index contributed by atoms with van der Waals surface area (Å²) in [6.07, 6.45) is 3.78. The summed E-state index contributed by atoms with van der Waals surface area (Å²) in [4.78, 5) is 0. The molecule has 2 atom stereocenters. The van der Waals surface area contributed by atoms with Gasteiger partial charge in [0.05, 0.1) is 0 Å². The number of hydrogen-bond donors (Lipinski definition) is 1. The molecule has 2 nitrogen and oxygen atoms in total. The molecule has 1 heterocycles. The van der Waals surface area contributed by atoms with Crippen molar-refractivity contribution < 1.29 is 4.74 Å². The standard InChI is InChI=1S/C15H23NO/c1-11(2)8-9-13(16-3)15-10-12-6-4-5-7-14(12)17-15/h4-7,11,13,15-16H,8-10H2,1-3H3. The molecule has 2 unspecified atom stereocenters. The Morgan fingerprint density at radius 3 is 2.71 bits per heavy atom. The van der Waals surface area contributed by atoms with Crippen molar-refractivity contribution in [3.8, 4) is 5.75 Å². The van der Waals surface area contributed by atoms with Crippen LogP contribution in [0.25, 0.3) is 0 Å². The van der Waals surface area contributed by atoms with Crippen LogP contribution in [-0.4, -0.2) is 19.2 Å². The maximum Gasteiger partial charge on any atom is 0.123 e. The van der Waals surface area contributed by atoms with Crippen LogP contribution in [0.15, 0.2) is 24.3 Å². The molecule has 0 radical (unpaired) electrons. The van der Waals surface area contributed by atoms with Crippen LogP contribution in [0, 0.1) is 5.92 Å². The Morgan fingerprint density at radius 2 is 2.06 bits per heavy atom. The minimum absolute atomic E-state index is 0.302. The number of rotatable bonds is 5. The predicted octanol–water partition coefficient (Wildman–Crippen LogP) is 3.01. The van der Waals surface area contributed by atoms with E-state index in [9.17, 15) is 0 Å². The predicted molar refractivity (Wildman–Crippen MR) is 71.5 cm³/mol. The van der Waals surface area contributed by atoms with Crippen molar-refractivity contribution in [1.29, 1.82) is 0 Å². The highest BCUT2D eigenvalue weighted by Gasteiger charge is 2.28. The molecule has 0 saturated carbocycles.